The molecule has 1 rings (SSSR count). The van der Waals surface area contributed by atoms with Crippen molar-refractivity contribution in [3.8, 4) is 5.75 Å². The van der Waals surface area contributed by atoms with Crippen molar-refractivity contribution in [3.05, 3.63) is 6.20 Å². The van der Waals surface area contributed by atoms with Gasteiger partial charge in [0.25, 0.3) is 0 Å². The van der Waals surface area contributed by atoms with Gasteiger partial charge in [-0.2, -0.15) is 4.98 Å². The Morgan fingerprint density at radius 3 is 3.12 bits per heavy atom. The third-order valence-corrected chi connectivity index (χ3v) is 1.90. The first-order chi connectivity index (χ1) is 7.77. The van der Waals surface area contributed by atoms with E-state index in [1.165, 1.54) is 6.20 Å². The summed E-state index contributed by atoms with van der Waals surface area (Å²) in [5.74, 6) is 1.15. The molecule has 0 saturated carbocycles. The third kappa shape index (κ3) is 3.72. The fourth-order valence-electron chi connectivity index (χ4n) is 1.12. The Morgan fingerprint density at radius 2 is 2.44 bits per heavy atom. The maximum Gasteiger partial charge on any atom is 0.222 e. The van der Waals surface area contributed by atoms with E-state index in [4.69, 9.17) is 10.5 Å². The Labute approximate surface area is 94.2 Å². The summed E-state index contributed by atoms with van der Waals surface area (Å²) in [6.45, 7) is 2.86. The van der Waals surface area contributed by atoms with Crippen LogP contribution in [0.25, 0.3) is 0 Å². The summed E-state index contributed by atoms with van der Waals surface area (Å²) in [4.78, 5) is 18.0. The SMILES string of the molecule is CCCCNc1nc(N)ncc1OCC=O. The number of unbranched alkanes of at least 4 members (excludes halogenated alkanes) is 1. The van der Waals surface area contributed by atoms with Crippen LogP contribution in [-0.4, -0.2) is 29.4 Å². The largest absolute Gasteiger partial charge is 0.481 e. The molecular weight excluding hydrogens is 208 g/mol. The molecule has 6 heteroatoms. The van der Waals surface area contributed by atoms with Crippen molar-refractivity contribution >= 4 is 18.1 Å². The maximum absolute atomic E-state index is 10.2. The smallest absolute Gasteiger partial charge is 0.222 e. The lowest BCUT2D eigenvalue weighted by molar-refractivity contribution is -0.109. The number of aldehydes is 1. The van der Waals surface area contributed by atoms with Crippen molar-refractivity contribution in [3.63, 3.8) is 0 Å². The molecule has 0 aliphatic carbocycles. The van der Waals surface area contributed by atoms with Gasteiger partial charge in [0.15, 0.2) is 17.9 Å². The second-order valence-corrected chi connectivity index (χ2v) is 3.20. The molecule has 0 amide bonds. The normalized spacial score (nSPS) is 9.81. The quantitative estimate of drug-likeness (QED) is 0.527. The van der Waals surface area contributed by atoms with E-state index in [0.717, 1.165) is 19.4 Å². The highest BCUT2D eigenvalue weighted by Gasteiger charge is 2.06. The Bertz CT molecular complexity index is 344. The van der Waals surface area contributed by atoms with Gasteiger partial charge in [-0.1, -0.05) is 13.3 Å². The number of carbonyl (C=O) groups is 1. The minimum atomic E-state index is -0.0181. The van der Waals surface area contributed by atoms with E-state index in [0.29, 0.717) is 17.9 Å². The predicted molar refractivity (Wildman–Crippen MR) is 61.4 cm³/mol. The molecular formula is C10H16N4O2. The summed E-state index contributed by atoms with van der Waals surface area (Å²) in [6.07, 6.45) is 4.24. The molecule has 0 spiro atoms. The molecule has 88 valence electrons. The summed E-state index contributed by atoms with van der Waals surface area (Å²) >= 11 is 0. The fourth-order valence-corrected chi connectivity index (χ4v) is 1.12. The number of nitrogens with two attached hydrogens (primary N) is 1. The highest BCUT2D eigenvalue weighted by molar-refractivity contribution is 5.55. The van der Waals surface area contributed by atoms with Crippen LogP contribution >= 0.6 is 0 Å². The third-order valence-electron chi connectivity index (χ3n) is 1.90. The van der Waals surface area contributed by atoms with Crippen LogP contribution in [0, 0.1) is 0 Å². The summed E-state index contributed by atoms with van der Waals surface area (Å²) in [5.41, 5.74) is 5.47. The topological polar surface area (TPSA) is 90.1 Å². The number of rotatable bonds is 7. The molecule has 0 unspecified atom stereocenters. The zero-order chi connectivity index (χ0) is 11.8. The lowest BCUT2D eigenvalue weighted by atomic mass is 10.3. The van der Waals surface area contributed by atoms with Gasteiger partial charge in [-0.25, -0.2) is 4.98 Å². The molecule has 16 heavy (non-hydrogen) atoms. The number of aromatic nitrogens is 2. The van der Waals surface area contributed by atoms with Crippen molar-refractivity contribution in [1.29, 1.82) is 0 Å². The number of nitrogen functional groups attached to an aromatic ring is 1. The van der Waals surface area contributed by atoms with Gasteiger partial charge in [0.1, 0.15) is 6.61 Å². The molecule has 0 aromatic carbocycles. The van der Waals surface area contributed by atoms with E-state index >= 15 is 0 Å². The van der Waals surface area contributed by atoms with Crippen LogP contribution in [0.15, 0.2) is 6.20 Å². The van der Waals surface area contributed by atoms with Crippen LogP contribution in [0.2, 0.25) is 0 Å². The van der Waals surface area contributed by atoms with E-state index in [1.807, 2.05) is 0 Å². The zero-order valence-corrected chi connectivity index (χ0v) is 9.27. The van der Waals surface area contributed by atoms with Gasteiger partial charge in [-0.05, 0) is 6.42 Å². The van der Waals surface area contributed by atoms with Gasteiger partial charge in [0, 0.05) is 6.54 Å². The van der Waals surface area contributed by atoms with Crippen LogP contribution in [0.1, 0.15) is 19.8 Å². The van der Waals surface area contributed by atoms with Gasteiger partial charge >= 0.3 is 0 Å². The lowest BCUT2D eigenvalue weighted by Crippen LogP contribution is -2.09. The van der Waals surface area contributed by atoms with Gasteiger partial charge in [-0.15, -0.1) is 0 Å². The van der Waals surface area contributed by atoms with E-state index in [2.05, 4.69) is 22.2 Å². The number of ether oxygens (including phenoxy) is 1. The van der Waals surface area contributed by atoms with Gasteiger partial charge in [0.2, 0.25) is 5.95 Å². The Balaban J connectivity index is 2.68. The van der Waals surface area contributed by atoms with Crippen molar-refractivity contribution < 1.29 is 9.53 Å². The first-order valence-electron chi connectivity index (χ1n) is 5.20. The van der Waals surface area contributed by atoms with E-state index in [1.54, 1.807) is 0 Å². The van der Waals surface area contributed by atoms with Crippen LogP contribution in [0.3, 0.4) is 0 Å². The monoisotopic (exact) mass is 224 g/mol. The van der Waals surface area contributed by atoms with Crippen LogP contribution in [-0.2, 0) is 4.79 Å². The summed E-state index contributed by atoms with van der Waals surface area (Å²) in [6, 6.07) is 0. The molecule has 0 bridgehead atoms. The molecule has 0 aliphatic rings. The average Bonchev–Trinajstić information content (AvgIpc) is 2.28. The molecule has 1 aromatic rings. The number of hydrogen-bond donors (Lipinski definition) is 2. The minimum Gasteiger partial charge on any atom is -0.481 e. The molecule has 1 aromatic heterocycles. The number of nitrogens with one attached hydrogen (secondary N) is 1. The maximum atomic E-state index is 10.2. The van der Waals surface area contributed by atoms with Crippen molar-refractivity contribution in [2.24, 2.45) is 0 Å². The first kappa shape index (κ1) is 12.2. The van der Waals surface area contributed by atoms with Gasteiger partial charge < -0.3 is 15.8 Å². The molecule has 0 fully saturated rings. The molecule has 0 aliphatic heterocycles. The van der Waals surface area contributed by atoms with Crippen molar-refractivity contribution in [1.82, 2.24) is 9.97 Å². The van der Waals surface area contributed by atoms with Crippen LogP contribution in [0.4, 0.5) is 11.8 Å². The Kier molecular flexibility index (Phi) is 5.04. The van der Waals surface area contributed by atoms with Gasteiger partial charge in [0.05, 0.1) is 6.20 Å². The predicted octanol–water partition coefficient (Wildman–Crippen LogP) is 0.848. The second kappa shape index (κ2) is 6.60. The number of anilines is 2. The summed E-state index contributed by atoms with van der Waals surface area (Å²) in [7, 11) is 0. The number of carbonyl (C=O) groups excluding carboxylic acids is 1. The van der Waals surface area contributed by atoms with Crippen molar-refractivity contribution in [2.75, 3.05) is 24.2 Å². The minimum absolute atomic E-state index is 0.0181. The number of hydrogen-bond acceptors (Lipinski definition) is 6. The van der Waals surface area contributed by atoms with Crippen molar-refractivity contribution in [2.45, 2.75) is 19.8 Å². The lowest BCUT2D eigenvalue weighted by Gasteiger charge is -2.10. The zero-order valence-electron chi connectivity index (χ0n) is 9.27. The molecule has 3 N–H and O–H groups in total. The van der Waals surface area contributed by atoms with Gasteiger partial charge in [-0.3, -0.25) is 4.79 Å². The molecule has 0 saturated heterocycles. The fraction of sp³-hybridized carbons (Fsp3) is 0.500. The summed E-state index contributed by atoms with van der Waals surface area (Å²) in [5, 5.41) is 3.09. The Morgan fingerprint density at radius 1 is 1.62 bits per heavy atom. The highest BCUT2D eigenvalue weighted by atomic mass is 16.5. The summed E-state index contributed by atoms with van der Waals surface area (Å²) < 4.78 is 5.16. The molecule has 1 heterocycles. The molecule has 6 nitrogen and oxygen atoms in total. The van der Waals surface area contributed by atoms with Crippen LogP contribution in [0.5, 0.6) is 5.75 Å². The molecule has 0 atom stereocenters. The second-order valence-electron chi connectivity index (χ2n) is 3.20. The average molecular weight is 224 g/mol. The van der Waals surface area contributed by atoms with E-state index in [9.17, 15) is 4.79 Å². The number of nitrogens with zero attached hydrogens (tertiary/aromatic N) is 2. The standard InChI is InChI=1S/C10H16N4O2/c1-2-3-4-12-9-8(16-6-5-15)7-13-10(11)14-9/h5,7H,2-4,6H2,1H3,(H3,11,12,13,14). The Hall–Kier alpha value is -1.85. The van der Waals surface area contributed by atoms with Crippen LogP contribution < -0.4 is 15.8 Å². The van der Waals surface area contributed by atoms with E-state index < -0.39 is 0 Å². The van der Waals surface area contributed by atoms with E-state index in [-0.39, 0.29) is 12.6 Å². The molecule has 0 radical (unpaired) electrons. The first-order valence-corrected chi connectivity index (χ1v) is 5.20. The highest BCUT2D eigenvalue weighted by Crippen LogP contribution is 2.21.